The zero-order valence-corrected chi connectivity index (χ0v) is 16.7. The zero-order valence-electron chi connectivity index (χ0n) is 16.7. The van der Waals surface area contributed by atoms with Gasteiger partial charge in [0.1, 0.15) is 11.3 Å². The first-order valence-corrected chi connectivity index (χ1v) is 9.45. The van der Waals surface area contributed by atoms with Crippen molar-refractivity contribution < 1.29 is 37.3 Å². The highest BCUT2D eigenvalue weighted by molar-refractivity contribution is 5.98. The summed E-state index contributed by atoms with van der Waals surface area (Å²) >= 11 is 0. The molecule has 0 bridgehead atoms. The lowest BCUT2D eigenvalue weighted by Gasteiger charge is -2.31. The van der Waals surface area contributed by atoms with Crippen LogP contribution in [0.1, 0.15) is 21.5 Å². The zero-order chi connectivity index (χ0) is 22.6. The van der Waals surface area contributed by atoms with E-state index < -0.39 is 30.2 Å². The van der Waals surface area contributed by atoms with Gasteiger partial charge in [-0.25, -0.2) is 4.79 Å². The summed E-state index contributed by atoms with van der Waals surface area (Å²) in [6.45, 7) is 2.71. The number of ether oxygens (including phenoxy) is 2. The van der Waals surface area contributed by atoms with Crippen molar-refractivity contribution in [3.63, 3.8) is 0 Å². The average Bonchev–Trinajstić information content (AvgIpc) is 2.73. The number of alkyl halides is 3. The van der Waals surface area contributed by atoms with Crippen molar-refractivity contribution in [1.82, 2.24) is 0 Å². The van der Waals surface area contributed by atoms with Crippen LogP contribution in [0.4, 0.5) is 24.5 Å². The second-order valence-electron chi connectivity index (χ2n) is 6.97. The summed E-state index contributed by atoms with van der Waals surface area (Å²) in [5.74, 6) is -2.04. The number of morpholine rings is 1. The first kappa shape index (κ1) is 22.4. The van der Waals surface area contributed by atoms with E-state index in [-0.39, 0.29) is 17.0 Å². The van der Waals surface area contributed by atoms with Gasteiger partial charge in [0.15, 0.2) is 6.61 Å². The number of aromatic hydroxyl groups is 1. The van der Waals surface area contributed by atoms with Gasteiger partial charge in [-0.3, -0.25) is 4.79 Å². The largest absolute Gasteiger partial charge is 0.507 e. The van der Waals surface area contributed by atoms with Crippen LogP contribution in [0, 0.1) is 6.92 Å². The minimum Gasteiger partial charge on any atom is -0.507 e. The predicted octanol–water partition coefficient (Wildman–Crippen LogP) is 3.35. The van der Waals surface area contributed by atoms with Gasteiger partial charge >= 0.3 is 12.1 Å². The maximum Gasteiger partial charge on any atom is 0.416 e. The maximum absolute atomic E-state index is 13.2. The molecule has 2 N–H and O–H groups in total. The molecule has 0 aliphatic carbocycles. The number of phenolic OH excluding ortho intramolecular Hbond substituents is 1. The molecule has 0 radical (unpaired) electrons. The number of hydrogen-bond donors (Lipinski definition) is 2. The summed E-state index contributed by atoms with van der Waals surface area (Å²) in [4.78, 5) is 26.3. The standard InChI is InChI=1S/C21H21F3N2O5/c1-13-2-5-18(27)15(10-13)20(29)31-12-19(28)25-16-11-14(21(22,23)24)3-4-17(16)26-6-8-30-9-7-26/h2-5,10-11,27H,6-9,12H2,1H3,(H,25,28). The fraction of sp³-hybridized carbons (Fsp3) is 0.333. The molecule has 1 amide bonds. The molecule has 166 valence electrons. The van der Waals surface area contributed by atoms with Crippen molar-refractivity contribution in [2.24, 2.45) is 0 Å². The van der Waals surface area contributed by atoms with Crippen molar-refractivity contribution in [3.8, 4) is 5.75 Å². The van der Waals surface area contributed by atoms with Crippen LogP contribution >= 0.6 is 0 Å². The molecule has 1 aliphatic heterocycles. The molecule has 2 aromatic carbocycles. The van der Waals surface area contributed by atoms with Crippen molar-refractivity contribution in [2.75, 3.05) is 43.1 Å². The van der Waals surface area contributed by atoms with E-state index in [1.807, 2.05) is 0 Å². The number of aryl methyl sites for hydroxylation is 1. The Labute approximate surface area is 176 Å². The number of benzene rings is 2. The lowest BCUT2D eigenvalue weighted by atomic mass is 10.1. The molecular weight excluding hydrogens is 417 g/mol. The van der Waals surface area contributed by atoms with Crippen LogP contribution in [0.2, 0.25) is 0 Å². The normalized spacial score (nSPS) is 14.3. The summed E-state index contributed by atoms with van der Waals surface area (Å²) in [5.41, 5.74) is 0.0409. The van der Waals surface area contributed by atoms with Gasteiger partial charge in [0.05, 0.1) is 30.2 Å². The first-order valence-electron chi connectivity index (χ1n) is 9.45. The number of carbonyl (C=O) groups is 2. The molecule has 0 saturated carbocycles. The number of nitrogens with one attached hydrogen (secondary N) is 1. The number of rotatable bonds is 5. The van der Waals surface area contributed by atoms with Gasteiger partial charge in [-0.2, -0.15) is 13.2 Å². The Morgan fingerprint density at radius 1 is 1.16 bits per heavy atom. The molecule has 31 heavy (non-hydrogen) atoms. The fourth-order valence-electron chi connectivity index (χ4n) is 3.10. The third-order valence-corrected chi connectivity index (χ3v) is 4.66. The van der Waals surface area contributed by atoms with E-state index in [1.165, 1.54) is 18.2 Å². The molecular formula is C21H21F3N2O5. The van der Waals surface area contributed by atoms with E-state index in [2.05, 4.69) is 5.32 Å². The molecule has 1 aliphatic rings. The number of halogens is 3. The first-order chi connectivity index (χ1) is 14.6. The predicted molar refractivity (Wildman–Crippen MR) is 106 cm³/mol. The van der Waals surface area contributed by atoms with Gasteiger partial charge < -0.3 is 24.8 Å². The lowest BCUT2D eigenvalue weighted by molar-refractivity contribution is -0.137. The van der Waals surface area contributed by atoms with Gasteiger partial charge in [0, 0.05) is 13.1 Å². The summed E-state index contributed by atoms with van der Waals surface area (Å²) in [6, 6.07) is 7.40. The van der Waals surface area contributed by atoms with Crippen LogP contribution in [0.25, 0.3) is 0 Å². The van der Waals surface area contributed by atoms with Crippen LogP contribution in [0.3, 0.4) is 0 Å². The number of hydrogen-bond acceptors (Lipinski definition) is 6. The van der Waals surface area contributed by atoms with Gasteiger partial charge in [0.25, 0.3) is 5.91 Å². The molecule has 1 heterocycles. The smallest absolute Gasteiger partial charge is 0.416 e. The van der Waals surface area contributed by atoms with Crippen molar-refractivity contribution in [1.29, 1.82) is 0 Å². The van der Waals surface area contributed by atoms with E-state index in [0.29, 0.717) is 37.6 Å². The molecule has 10 heteroatoms. The Balaban J connectivity index is 1.74. The highest BCUT2D eigenvalue weighted by Gasteiger charge is 2.32. The van der Waals surface area contributed by atoms with E-state index in [9.17, 15) is 27.9 Å². The fourth-order valence-corrected chi connectivity index (χ4v) is 3.10. The Morgan fingerprint density at radius 3 is 2.55 bits per heavy atom. The van der Waals surface area contributed by atoms with Crippen molar-refractivity contribution >= 4 is 23.3 Å². The van der Waals surface area contributed by atoms with Crippen molar-refractivity contribution in [2.45, 2.75) is 13.1 Å². The molecule has 0 atom stereocenters. The minimum absolute atomic E-state index is 0.0452. The van der Waals surface area contributed by atoms with Gasteiger partial charge in [-0.1, -0.05) is 11.6 Å². The van der Waals surface area contributed by atoms with Gasteiger partial charge in [0.2, 0.25) is 0 Å². The highest BCUT2D eigenvalue weighted by Crippen LogP contribution is 2.35. The number of amides is 1. The second-order valence-corrected chi connectivity index (χ2v) is 6.97. The highest BCUT2D eigenvalue weighted by atomic mass is 19.4. The van der Waals surface area contributed by atoms with Crippen LogP contribution in [0.15, 0.2) is 36.4 Å². The third-order valence-electron chi connectivity index (χ3n) is 4.66. The lowest BCUT2D eigenvalue weighted by Crippen LogP contribution is -2.37. The molecule has 2 aromatic rings. The summed E-state index contributed by atoms with van der Waals surface area (Å²) in [6.07, 6.45) is -4.59. The topological polar surface area (TPSA) is 88.1 Å². The minimum atomic E-state index is -4.59. The van der Waals surface area contributed by atoms with Gasteiger partial charge in [-0.05, 0) is 37.3 Å². The average molecular weight is 438 g/mol. The van der Waals surface area contributed by atoms with E-state index in [0.717, 1.165) is 12.1 Å². The summed E-state index contributed by atoms with van der Waals surface area (Å²) in [7, 11) is 0. The van der Waals surface area contributed by atoms with Crippen molar-refractivity contribution in [3.05, 3.63) is 53.1 Å². The third kappa shape index (κ3) is 5.66. The monoisotopic (exact) mass is 438 g/mol. The quantitative estimate of drug-likeness (QED) is 0.697. The number of phenols is 1. The van der Waals surface area contributed by atoms with Crippen LogP contribution in [-0.2, 0) is 20.4 Å². The second kappa shape index (κ2) is 9.25. The molecule has 0 unspecified atom stereocenters. The molecule has 0 aromatic heterocycles. The summed E-state index contributed by atoms with van der Waals surface area (Å²) < 4.78 is 49.6. The molecule has 1 saturated heterocycles. The Hall–Kier alpha value is -3.27. The molecule has 3 rings (SSSR count). The maximum atomic E-state index is 13.2. The number of anilines is 2. The van der Waals surface area contributed by atoms with Crippen LogP contribution in [0.5, 0.6) is 5.75 Å². The molecule has 0 spiro atoms. The Morgan fingerprint density at radius 2 is 1.87 bits per heavy atom. The SMILES string of the molecule is Cc1ccc(O)c(C(=O)OCC(=O)Nc2cc(C(F)(F)F)ccc2N2CCOCC2)c1. The van der Waals surface area contributed by atoms with Crippen LogP contribution in [-0.4, -0.2) is 49.9 Å². The summed E-state index contributed by atoms with van der Waals surface area (Å²) in [5, 5.41) is 12.2. The van der Waals surface area contributed by atoms with E-state index >= 15 is 0 Å². The number of carbonyl (C=O) groups excluding carboxylic acids is 2. The Bertz CT molecular complexity index is 972. The van der Waals surface area contributed by atoms with Gasteiger partial charge in [-0.15, -0.1) is 0 Å². The van der Waals surface area contributed by atoms with Crippen LogP contribution < -0.4 is 10.2 Å². The van der Waals surface area contributed by atoms with E-state index in [4.69, 9.17) is 9.47 Å². The van der Waals surface area contributed by atoms with E-state index in [1.54, 1.807) is 17.9 Å². The number of esters is 1. The molecule has 1 fully saturated rings. The Kier molecular flexibility index (Phi) is 6.69. The number of nitrogens with zero attached hydrogens (tertiary/aromatic N) is 1. The molecule has 7 nitrogen and oxygen atoms in total.